The summed E-state index contributed by atoms with van der Waals surface area (Å²) >= 11 is 0. The highest BCUT2D eigenvalue weighted by atomic mass is 32.2. The fourth-order valence-corrected chi connectivity index (χ4v) is 3.57. The Balaban J connectivity index is 2.73. The third-order valence-corrected chi connectivity index (χ3v) is 5.34. The van der Waals surface area contributed by atoms with Crippen LogP contribution in [0, 0.1) is 0 Å². The van der Waals surface area contributed by atoms with Crippen molar-refractivity contribution >= 4 is 27.2 Å². The molecule has 0 radical (unpaired) electrons. The van der Waals surface area contributed by atoms with Crippen molar-refractivity contribution in [2.75, 3.05) is 18.0 Å². The van der Waals surface area contributed by atoms with Gasteiger partial charge in [0.15, 0.2) is 5.75 Å². The average Bonchev–Trinajstić information content (AvgIpc) is 2.66. The number of hydrogen-bond acceptors (Lipinski definition) is 4. The number of rotatable bonds is 9. The first-order valence-electron chi connectivity index (χ1n) is 9.24. The molecule has 182 valence electrons. The van der Waals surface area contributed by atoms with Crippen LogP contribution in [-0.4, -0.2) is 46.6 Å². The third-order valence-electron chi connectivity index (χ3n) is 4.29. The van der Waals surface area contributed by atoms with Gasteiger partial charge in [0.2, 0.25) is 0 Å². The van der Waals surface area contributed by atoms with Crippen molar-refractivity contribution < 1.29 is 45.2 Å². The molecule has 0 spiro atoms. The van der Waals surface area contributed by atoms with E-state index in [0.717, 1.165) is 12.1 Å². The van der Waals surface area contributed by atoms with Crippen molar-refractivity contribution in [3.8, 4) is 11.5 Å². The summed E-state index contributed by atoms with van der Waals surface area (Å²) in [5, 5.41) is 15.0. The second-order valence-electron chi connectivity index (χ2n) is 6.99. The van der Waals surface area contributed by atoms with Gasteiger partial charge in [-0.3, -0.25) is 5.14 Å². The van der Waals surface area contributed by atoms with Gasteiger partial charge < -0.3 is 14.7 Å². The fraction of sp³-hybridized carbons (Fsp3) is 0.300. The Labute approximate surface area is 185 Å². The lowest BCUT2D eigenvalue weighted by Gasteiger charge is -2.29. The van der Waals surface area contributed by atoms with Gasteiger partial charge >= 0.3 is 18.3 Å². The molecule has 2 aromatic rings. The first-order chi connectivity index (χ1) is 15.1. The van der Waals surface area contributed by atoms with Gasteiger partial charge in [-0.15, -0.1) is 0 Å². The number of aromatic carboxylic acids is 1. The molecule has 0 saturated carbocycles. The molecule has 1 atom stereocenters. The number of carboxylic acid groups (broad SMARTS) is 1. The number of alkyl halides is 6. The van der Waals surface area contributed by atoms with Crippen LogP contribution in [0.3, 0.4) is 0 Å². The Kier molecular flexibility index (Phi) is 7.91. The Morgan fingerprint density at radius 2 is 1.55 bits per heavy atom. The van der Waals surface area contributed by atoms with Crippen LogP contribution in [0.1, 0.15) is 23.2 Å². The van der Waals surface area contributed by atoms with Gasteiger partial charge in [0, 0.05) is 13.1 Å². The molecule has 0 aromatic heterocycles. The summed E-state index contributed by atoms with van der Waals surface area (Å²) in [5.74, 6) is 1.35. The van der Waals surface area contributed by atoms with Crippen LogP contribution in [-0.2, 0) is 9.71 Å². The number of nitrogens with zero attached hydrogens (tertiary/aromatic N) is 1. The van der Waals surface area contributed by atoms with Crippen molar-refractivity contribution in [1.82, 2.24) is 0 Å². The third kappa shape index (κ3) is 8.17. The van der Waals surface area contributed by atoms with Gasteiger partial charge in [0.05, 0.1) is 38.7 Å². The van der Waals surface area contributed by atoms with Crippen LogP contribution < -0.4 is 14.8 Å². The summed E-state index contributed by atoms with van der Waals surface area (Å²) in [7, 11) is -3.71. The van der Waals surface area contributed by atoms with Crippen molar-refractivity contribution in [3.05, 3.63) is 48.0 Å². The van der Waals surface area contributed by atoms with Crippen LogP contribution in [0.25, 0.3) is 0 Å². The Morgan fingerprint density at radius 3 is 1.97 bits per heavy atom. The van der Waals surface area contributed by atoms with Crippen molar-refractivity contribution in [2.24, 2.45) is 5.14 Å². The standard InChI is InChI=1S/C20H20F6N2O4S/c1-33(27,31)16-12-13(18(29)30)11-15(17(16)32-14-5-3-2-4-6-14)28(9-7-19(21,22)23)10-8-20(24,25)26/h2-6,11-12H,1,7-10H2,(H2,27,31)(H,29,30). The number of carboxylic acids is 1. The van der Waals surface area contributed by atoms with Crippen LogP contribution in [0.2, 0.25) is 0 Å². The molecule has 6 nitrogen and oxygen atoms in total. The maximum Gasteiger partial charge on any atom is 0.390 e. The predicted molar refractivity (Wildman–Crippen MR) is 111 cm³/mol. The zero-order valence-corrected chi connectivity index (χ0v) is 17.8. The van der Waals surface area contributed by atoms with Crippen LogP contribution in [0.15, 0.2) is 47.4 Å². The van der Waals surface area contributed by atoms with Crippen LogP contribution in [0.5, 0.6) is 11.5 Å². The molecule has 0 aliphatic heterocycles. The van der Waals surface area contributed by atoms with E-state index < -0.39 is 75.9 Å². The molecule has 0 heterocycles. The fourth-order valence-electron chi connectivity index (χ4n) is 2.79. The van der Waals surface area contributed by atoms with E-state index in [1.165, 1.54) is 24.3 Å². The number of carbonyl (C=O) groups is 1. The van der Waals surface area contributed by atoms with Crippen molar-refractivity contribution in [2.45, 2.75) is 30.1 Å². The first-order valence-corrected chi connectivity index (χ1v) is 11.0. The first kappa shape index (κ1) is 26.3. The lowest BCUT2D eigenvalue weighted by atomic mass is 10.1. The number of nitrogens with two attached hydrogens (primary N) is 1. The number of benzene rings is 2. The normalized spacial score (nSPS) is 13.9. The average molecular weight is 498 g/mol. The maximum atomic E-state index is 12.9. The molecule has 0 bridgehead atoms. The van der Waals surface area contributed by atoms with Crippen molar-refractivity contribution in [1.29, 1.82) is 0 Å². The summed E-state index contributed by atoms with van der Waals surface area (Å²) in [4.78, 5) is 11.8. The summed E-state index contributed by atoms with van der Waals surface area (Å²) in [6.45, 7) is -1.90. The monoisotopic (exact) mass is 498 g/mol. The Morgan fingerprint density at radius 1 is 1.03 bits per heavy atom. The van der Waals surface area contributed by atoms with Gasteiger partial charge in [0.1, 0.15) is 5.75 Å². The number of hydrogen-bond donors (Lipinski definition) is 2. The van der Waals surface area contributed by atoms with Gasteiger partial charge in [-0.05, 0) is 30.1 Å². The molecular weight excluding hydrogens is 478 g/mol. The second kappa shape index (κ2) is 9.91. The predicted octanol–water partition coefficient (Wildman–Crippen LogP) is 4.84. The molecule has 0 aliphatic rings. The molecular formula is C20H20F6N2O4S. The van der Waals surface area contributed by atoms with E-state index in [4.69, 9.17) is 9.88 Å². The quantitative estimate of drug-likeness (QED) is 0.381. The molecule has 13 heteroatoms. The minimum absolute atomic E-state index is 0.0957. The number of para-hydroxylation sites is 1. The van der Waals surface area contributed by atoms with E-state index in [1.54, 1.807) is 6.07 Å². The van der Waals surface area contributed by atoms with Gasteiger partial charge in [0.25, 0.3) is 0 Å². The van der Waals surface area contributed by atoms with Crippen LogP contribution >= 0.6 is 0 Å². The van der Waals surface area contributed by atoms with E-state index >= 15 is 0 Å². The Hall–Kier alpha value is -2.93. The summed E-state index contributed by atoms with van der Waals surface area (Å²) in [6, 6.07) is 9.26. The van der Waals surface area contributed by atoms with Crippen LogP contribution in [0.4, 0.5) is 32.0 Å². The van der Waals surface area contributed by atoms with E-state index in [1.807, 2.05) is 0 Å². The largest absolute Gasteiger partial charge is 0.478 e. The van der Waals surface area contributed by atoms with Gasteiger partial charge in [-0.1, -0.05) is 18.2 Å². The molecule has 2 rings (SSSR count). The molecule has 0 aliphatic carbocycles. The zero-order valence-electron chi connectivity index (χ0n) is 16.9. The van der Waals surface area contributed by atoms with E-state index in [-0.39, 0.29) is 5.75 Å². The zero-order chi connectivity index (χ0) is 25.0. The Bertz CT molecular complexity index is 1070. The number of halogens is 6. The van der Waals surface area contributed by atoms with E-state index in [2.05, 4.69) is 5.87 Å². The smallest absolute Gasteiger partial charge is 0.390 e. The number of anilines is 1. The summed E-state index contributed by atoms with van der Waals surface area (Å²) in [6.07, 6.45) is -12.4. The van der Waals surface area contributed by atoms with Crippen molar-refractivity contribution in [3.63, 3.8) is 0 Å². The molecule has 3 N–H and O–H groups in total. The molecule has 0 amide bonds. The molecule has 2 aromatic carbocycles. The highest BCUT2D eigenvalue weighted by Gasteiger charge is 2.33. The molecule has 33 heavy (non-hydrogen) atoms. The summed E-state index contributed by atoms with van der Waals surface area (Å²) < 4.78 is 95.5. The highest BCUT2D eigenvalue weighted by Crippen LogP contribution is 2.40. The molecule has 0 saturated heterocycles. The van der Waals surface area contributed by atoms with E-state index in [9.17, 15) is 40.5 Å². The molecule has 0 fully saturated rings. The lowest BCUT2D eigenvalue weighted by Crippen LogP contribution is -2.32. The molecule has 1 unspecified atom stereocenters. The highest BCUT2D eigenvalue weighted by molar-refractivity contribution is 7.98. The maximum absolute atomic E-state index is 12.9. The minimum Gasteiger partial charge on any atom is -0.478 e. The number of ether oxygens (including phenoxy) is 1. The second-order valence-corrected chi connectivity index (χ2v) is 8.88. The van der Waals surface area contributed by atoms with Gasteiger partial charge in [-0.2, -0.15) is 26.3 Å². The van der Waals surface area contributed by atoms with E-state index in [0.29, 0.717) is 4.90 Å². The summed E-state index contributed by atoms with van der Waals surface area (Å²) in [5.41, 5.74) is -1.00. The van der Waals surface area contributed by atoms with Gasteiger partial charge in [-0.25, -0.2) is 9.00 Å². The SMILES string of the molecule is C=S(N)(=O)c1cc(C(=O)O)cc(N(CCC(F)(F)F)CCC(F)(F)F)c1Oc1ccccc1. The minimum atomic E-state index is -4.71. The lowest BCUT2D eigenvalue weighted by molar-refractivity contribution is -0.135. The topological polar surface area (TPSA) is 92.9 Å².